The van der Waals surface area contributed by atoms with Crippen molar-refractivity contribution in [1.29, 1.82) is 0 Å². The molecule has 0 N–H and O–H groups in total. The lowest BCUT2D eigenvalue weighted by molar-refractivity contribution is -0.120. The van der Waals surface area contributed by atoms with E-state index in [-0.39, 0.29) is 11.9 Å². The molecule has 26 heavy (non-hydrogen) atoms. The van der Waals surface area contributed by atoms with Crippen LogP contribution in [0.1, 0.15) is 37.5 Å². The van der Waals surface area contributed by atoms with Crippen LogP contribution in [-0.4, -0.2) is 25.3 Å². The zero-order valence-electron chi connectivity index (χ0n) is 14.5. The normalized spacial score (nSPS) is 15.4. The predicted octanol–water partition coefficient (Wildman–Crippen LogP) is 4.14. The molecule has 0 spiro atoms. The highest BCUT2D eigenvalue weighted by Crippen LogP contribution is 2.36. The first kappa shape index (κ1) is 16.6. The fourth-order valence-corrected chi connectivity index (χ4v) is 3.46. The fourth-order valence-electron chi connectivity index (χ4n) is 3.46. The van der Waals surface area contributed by atoms with Gasteiger partial charge in [-0.2, -0.15) is 0 Å². The summed E-state index contributed by atoms with van der Waals surface area (Å²) in [6.45, 7) is 1.84. The van der Waals surface area contributed by atoms with Crippen LogP contribution in [0.4, 0.5) is 4.39 Å². The molecule has 0 radical (unpaired) electrons. The largest absolute Gasteiger partial charge is 0.327 e. The number of hydrogen-bond acceptors (Lipinski definition) is 4. The van der Waals surface area contributed by atoms with Gasteiger partial charge in [-0.1, -0.05) is 0 Å². The van der Waals surface area contributed by atoms with Crippen LogP contribution in [0.5, 0.6) is 0 Å². The lowest BCUT2D eigenvalue weighted by atomic mass is 9.93. The van der Waals surface area contributed by atoms with Crippen molar-refractivity contribution in [3.05, 3.63) is 54.6 Å². The summed E-state index contributed by atoms with van der Waals surface area (Å²) >= 11 is 0. The van der Waals surface area contributed by atoms with Gasteiger partial charge in [-0.3, -0.25) is 4.79 Å². The summed E-state index contributed by atoms with van der Waals surface area (Å²) in [6, 6.07) is 6.54. The number of carbonyl (C=O) groups excluding carboxylic acids is 1. The maximum atomic E-state index is 13.3. The van der Waals surface area contributed by atoms with E-state index in [2.05, 4.69) is 19.5 Å². The third-order valence-electron chi connectivity index (χ3n) is 4.87. The Bertz CT molecular complexity index is 921. The number of nitrogens with zero attached hydrogens (tertiary/aromatic N) is 4. The maximum Gasteiger partial charge on any atom is 0.133 e. The van der Waals surface area contributed by atoms with Crippen LogP contribution in [0.15, 0.2) is 43.0 Å². The summed E-state index contributed by atoms with van der Waals surface area (Å²) in [5, 5.41) is 0. The van der Waals surface area contributed by atoms with E-state index in [1.807, 2.05) is 13.3 Å². The van der Waals surface area contributed by atoms with Gasteiger partial charge in [-0.15, -0.1) is 0 Å². The van der Waals surface area contributed by atoms with E-state index in [0.717, 1.165) is 35.4 Å². The molecular weight excluding hydrogens is 331 g/mol. The molecule has 0 saturated heterocycles. The highest BCUT2D eigenvalue weighted by atomic mass is 19.1. The van der Waals surface area contributed by atoms with E-state index in [0.29, 0.717) is 24.4 Å². The molecule has 4 rings (SSSR count). The Morgan fingerprint density at radius 3 is 2.31 bits per heavy atom. The Hall–Kier alpha value is -2.89. The Kier molecular flexibility index (Phi) is 4.32. The van der Waals surface area contributed by atoms with Gasteiger partial charge in [-0.05, 0) is 44.0 Å². The number of carbonyl (C=O) groups is 1. The highest BCUT2D eigenvalue weighted by Gasteiger charge is 2.25. The second-order valence-corrected chi connectivity index (χ2v) is 6.64. The van der Waals surface area contributed by atoms with E-state index in [1.54, 1.807) is 24.5 Å². The monoisotopic (exact) mass is 350 g/mol. The zero-order chi connectivity index (χ0) is 18.1. The molecule has 1 saturated carbocycles. The quantitative estimate of drug-likeness (QED) is 0.712. The van der Waals surface area contributed by atoms with Crippen LogP contribution in [0.25, 0.3) is 22.5 Å². The fraction of sp³-hybridized carbons (Fsp3) is 0.300. The topological polar surface area (TPSA) is 60.7 Å². The van der Waals surface area contributed by atoms with Gasteiger partial charge in [0.15, 0.2) is 0 Å². The molecule has 0 atom stereocenters. The number of hydrogen-bond donors (Lipinski definition) is 0. The van der Waals surface area contributed by atoms with Crippen molar-refractivity contribution in [2.45, 2.75) is 38.6 Å². The van der Waals surface area contributed by atoms with Gasteiger partial charge in [0, 0.05) is 42.4 Å². The Morgan fingerprint density at radius 1 is 1.00 bits per heavy atom. The van der Waals surface area contributed by atoms with Gasteiger partial charge in [0.05, 0.1) is 17.7 Å². The molecule has 0 aliphatic heterocycles. The molecular formula is C20H19FN4O. The SMILES string of the molecule is Cc1ncc(-c2c(-c3ccc(F)cc3)ncn2C2CCC(=O)CC2)cn1. The van der Waals surface area contributed by atoms with E-state index >= 15 is 0 Å². The summed E-state index contributed by atoms with van der Waals surface area (Å²) in [6.07, 6.45) is 8.19. The van der Waals surface area contributed by atoms with E-state index in [4.69, 9.17) is 0 Å². The maximum absolute atomic E-state index is 13.3. The molecule has 0 amide bonds. The molecule has 6 heteroatoms. The van der Waals surface area contributed by atoms with Crippen LogP contribution < -0.4 is 0 Å². The smallest absolute Gasteiger partial charge is 0.133 e. The Labute approximate surface area is 150 Å². The number of ketones is 1. The van der Waals surface area contributed by atoms with Crippen molar-refractivity contribution in [2.24, 2.45) is 0 Å². The highest BCUT2D eigenvalue weighted by molar-refractivity contribution is 5.80. The average molecular weight is 350 g/mol. The lowest BCUT2D eigenvalue weighted by Crippen LogP contribution is -2.18. The average Bonchev–Trinajstić information content (AvgIpc) is 3.08. The van der Waals surface area contributed by atoms with Gasteiger partial charge in [0.1, 0.15) is 17.4 Å². The molecule has 0 unspecified atom stereocenters. The van der Waals surface area contributed by atoms with Gasteiger partial charge < -0.3 is 4.57 Å². The molecule has 1 aliphatic carbocycles. The van der Waals surface area contributed by atoms with E-state index < -0.39 is 0 Å². The second-order valence-electron chi connectivity index (χ2n) is 6.64. The zero-order valence-corrected chi connectivity index (χ0v) is 14.5. The Balaban J connectivity index is 1.83. The number of Topliss-reactive ketones (excluding diaryl/α,β-unsaturated/α-hetero) is 1. The van der Waals surface area contributed by atoms with Crippen molar-refractivity contribution in [3.63, 3.8) is 0 Å². The first-order chi connectivity index (χ1) is 12.6. The third-order valence-corrected chi connectivity index (χ3v) is 4.87. The van der Waals surface area contributed by atoms with Gasteiger partial charge >= 0.3 is 0 Å². The number of benzene rings is 1. The van der Waals surface area contributed by atoms with Gasteiger partial charge in [-0.25, -0.2) is 19.3 Å². The van der Waals surface area contributed by atoms with Crippen LogP contribution in [-0.2, 0) is 4.79 Å². The van der Waals surface area contributed by atoms with Crippen molar-refractivity contribution in [3.8, 4) is 22.5 Å². The number of aromatic nitrogens is 4. The first-order valence-electron chi connectivity index (χ1n) is 8.75. The summed E-state index contributed by atoms with van der Waals surface area (Å²) < 4.78 is 15.4. The van der Waals surface area contributed by atoms with Crippen molar-refractivity contribution in [2.75, 3.05) is 0 Å². The molecule has 1 aromatic carbocycles. The molecule has 1 fully saturated rings. The van der Waals surface area contributed by atoms with Gasteiger partial charge in [0.2, 0.25) is 0 Å². The predicted molar refractivity (Wildman–Crippen MR) is 95.9 cm³/mol. The van der Waals surface area contributed by atoms with Crippen molar-refractivity contribution in [1.82, 2.24) is 19.5 Å². The molecule has 2 aromatic heterocycles. The summed E-state index contributed by atoms with van der Waals surface area (Å²) in [5.41, 5.74) is 3.39. The molecule has 2 heterocycles. The van der Waals surface area contributed by atoms with Crippen LogP contribution in [0, 0.1) is 12.7 Å². The summed E-state index contributed by atoms with van der Waals surface area (Å²) in [5.74, 6) is 0.742. The van der Waals surface area contributed by atoms with Gasteiger partial charge in [0.25, 0.3) is 0 Å². The number of rotatable bonds is 3. The molecule has 0 bridgehead atoms. The minimum Gasteiger partial charge on any atom is -0.327 e. The number of halogens is 1. The number of imidazole rings is 1. The third kappa shape index (κ3) is 3.14. The van der Waals surface area contributed by atoms with Crippen LogP contribution in [0.2, 0.25) is 0 Å². The van der Waals surface area contributed by atoms with Crippen LogP contribution in [0.3, 0.4) is 0 Å². The Morgan fingerprint density at radius 2 is 1.65 bits per heavy atom. The lowest BCUT2D eigenvalue weighted by Gasteiger charge is -2.24. The molecule has 1 aliphatic rings. The van der Waals surface area contributed by atoms with Crippen molar-refractivity contribution >= 4 is 5.78 Å². The number of aryl methyl sites for hydroxylation is 1. The minimum absolute atomic E-state index is 0.214. The van der Waals surface area contributed by atoms with Crippen LogP contribution >= 0.6 is 0 Å². The summed E-state index contributed by atoms with van der Waals surface area (Å²) in [4.78, 5) is 24.9. The second kappa shape index (κ2) is 6.78. The molecule has 3 aromatic rings. The summed E-state index contributed by atoms with van der Waals surface area (Å²) in [7, 11) is 0. The standard InChI is InChI=1S/C20H19FN4O/c1-13-22-10-15(11-23-13)20-19(14-2-4-16(21)5-3-14)24-12-25(20)17-6-8-18(26)9-7-17/h2-5,10-12,17H,6-9H2,1H3. The minimum atomic E-state index is -0.279. The van der Waals surface area contributed by atoms with Crippen molar-refractivity contribution < 1.29 is 9.18 Å². The van der Waals surface area contributed by atoms with E-state index in [1.165, 1.54) is 12.1 Å². The van der Waals surface area contributed by atoms with E-state index in [9.17, 15) is 9.18 Å². The molecule has 132 valence electrons. The first-order valence-corrected chi connectivity index (χ1v) is 8.75. The molecule has 5 nitrogen and oxygen atoms in total.